The first kappa shape index (κ1) is 13.8. The van der Waals surface area contributed by atoms with E-state index in [1.54, 1.807) is 6.92 Å². The first-order valence-corrected chi connectivity index (χ1v) is 7.33. The maximum Gasteiger partial charge on any atom is 0.219 e. The van der Waals surface area contributed by atoms with Crippen LogP contribution in [0.5, 0.6) is 0 Å². The number of rotatable bonds is 3. The van der Waals surface area contributed by atoms with Gasteiger partial charge in [-0.25, -0.2) is 0 Å². The van der Waals surface area contributed by atoms with Crippen LogP contribution in [0.25, 0.3) is 0 Å². The molecule has 1 heterocycles. The molecule has 2 aliphatic rings. The minimum absolute atomic E-state index is 0.194. The molecule has 0 radical (unpaired) electrons. The summed E-state index contributed by atoms with van der Waals surface area (Å²) >= 11 is 0. The number of aliphatic hydroxyl groups is 1. The number of piperidine rings is 1. The zero-order valence-corrected chi connectivity index (χ0v) is 11.4. The van der Waals surface area contributed by atoms with E-state index in [0.717, 1.165) is 32.4 Å². The molecule has 4 nitrogen and oxygen atoms in total. The number of nitrogens with one attached hydrogen (secondary N) is 1. The molecular weight excluding hydrogens is 228 g/mol. The molecule has 2 rings (SSSR count). The highest BCUT2D eigenvalue weighted by molar-refractivity contribution is 5.73. The minimum atomic E-state index is 0.194. The zero-order chi connectivity index (χ0) is 13.0. The number of nitrogens with zero attached hydrogens (tertiary/aromatic N) is 1. The molecule has 0 bridgehead atoms. The maximum atomic E-state index is 11.3. The Morgan fingerprint density at radius 1 is 1.22 bits per heavy atom. The number of carbonyl (C=O) groups excluding carboxylic acids is 1. The maximum absolute atomic E-state index is 11.3. The second-order valence-electron chi connectivity index (χ2n) is 5.78. The summed E-state index contributed by atoms with van der Waals surface area (Å²) in [5.41, 5.74) is 0. The van der Waals surface area contributed by atoms with Gasteiger partial charge in [-0.2, -0.15) is 0 Å². The van der Waals surface area contributed by atoms with Gasteiger partial charge >= 0.3 is 0 Å². The van der Waals surface area contributed by atoms with Crippen LogP contribution in [0.15, 0.2) is 0 Å². The van der Waals surface area contributed by atoms with Gasteiger partial charge in [-0.05, 0) is 31.6 Å². The quantitative estimate of drug-likeness (QED) is 0.794. The number of amides is 1. The molecule has 1 saturated carbocycles. The molecule has 18 heavy (non-hydrogen) atoms. The van der Waals surface area contributed by atoms with Gasteiger partial charge in [-0.15, -0.1) is 0 Å². The molecule has 1 amide bonds. The highest BCUT2D eigenvalue weighted by Gasteiger charge is 2.28. The number of likely N-dealkylation sites (tertiary alicyclic amines) is 1. The standard InChI is InChI=1S/C14H26N2O2/c1-11(18)16-8-6-13(7-9-16)15-14-5-3-2-4-12(14)10-17/h12-15,17H,2-10H2,1H3. The van der Waals surface area contributed by atoms with E-state index in [1.165, 1.54) is 19.3 Å². The van der Waals surface area contributed by atoms with Crippen LogP contribution in [0, 0.1) is 5.92 Å². The number of hydrogen-bond acceptors (Lipinski definition) is 3. The van der Waals surface area contributed by atoms with Crippen molar-refractivity contribution in [3.8, 4) is 0 Å². The summed E-state index contributed by atoms with van der Waals surface area (Å²) in [7, 11) is 0. The molecule has 0 aromatic carbocycles. The van der Waals surface area contributed by atoms with Crippen molar-refractivity contribution in [1.29, 1.82) is 0 Å². The Labute approximate surface area is 110 Å². The summed E-state index contributed by atoms with van der Waals surface area (Å²) in [6.45, 7) is 3.72. The molecule has 2 fully saturated rings. The summed E-state index contributed by atoms with van der Waals surface area (Å²) < 4.78 is 0. The fourth-order valence-electron chi connectivity index (χ4n) is 3.31. The van der Waals surface area contributed by atoms with E-state index in [-0.39, 0.29) is 5.91 Å². The smallest absolute Gasteiger partial charge is 0.219 e. The lowest BCUT2D eigenvalue weighted by Gasteiger charge is -2.38. The van der Waals surface area contributed by atoms with Crippen LogP contribution in [0.2, 0.25) is 0 Å². The van der Waals surface area contributed by atoms with Crippen LogP contribution in [-0.4, -0.2) is 47.7 Å². The predicted molar refractivity (Wildman–Crippen MR) is 71.2 cm³/mol. The van der Waals surface area contributed by atoms with Crippen LogP contribution in [0.3, 0.4) is 0 Å². The van der Waals surface area contributed by atoms with Crippen molar-refractivity contribution < 1.29 is 9.90 Å². The van der Waals surface area contributed by atoms with E-state index >= 15 is 0 Å². The van der Waals surface area contributed by atoms with Crippen LogP contribution in [-0.2, 0) is 4.79 Å². The lowest BCUT2D eigenvalue weighted by atomic mass is 9.84. The first-order chi connectivity index (χ1) is 8.70. The molecule has 4 heteroatoms. The molecule has 1 aliphatic heterocycles. The van der Waals surface area contributed by atoms with Crippen molar-refractivity contribution in [3.63, 3.8) is 0 Å². The van der Waals surface area contributed by atoms with E-state index in [9.17, 15) is 9.90 Å². The van der Waals surface area contributed by atoms with E-state index < -0.39 is 0 Å². The third-order valence-electron chi connectivity index (χ3n) is 4.53. The van der Waals surface area contributed by atoms with Gasteiger partial charge in [-0.1, -0.05) is 12.8 Å². The second kappa shape index (κ2) is 6.53. The van der Waals surface area contributed by atoms with Gasteiger partial charge in [0.15, 0.2) is 0 Å². The van der Waals surface area contributed by atoms with Crippen LogP contribution >= 0.6 is 0 Å². The monoisotopic (exact) mass is 254 g/mol. The number of hydrogen-bond donors (Lipinski definition) is 2. The topological polar surface area (TPSA) is 52.6 Å². The Hall–Kier alpha value is -0.610. The summed E-state index contributed by atoms with van der Waals surface area (Å²) in [6, 6.07) is 1.01. The van der Waals surface area contributed by atoms with E-state index in [1.807, 2.05) is 4.90 Å². The lowest BCUT2D eigenvalue weighted by molar-refractivity contribution is -0.129. The van der Waals surface area contributed by atoms with Crippen molar-refractivity contribution in [2.24, 2.45) is 5.92 Å². The predicted octanol–water partition coefficient (Wildman–Crippen LogP) is 1.14. The molecule has 0 aromatic rings. The first-order valence-electron chi connectivity index (χ1n) is 7.33. The Balaban J connectivity index is 1.78. The van der Waals surface area contributed by atoms with Gasteiger partial charge in [0.25, 0.3) is 0 Å². The van der Waals surface area contributed by atoms with Gasteiger partial charge in [0.2, 0.25) is 5.91 Å². The molecule has 2 N–H and O–H groups in total. The summed E-state index contributed by atoms with van der Waals surface area (Å²) in [6.07, 6.45) is 6.98. The molecule has 1 aliphatic carbocycles. The van der Waals surface area contributed by atoms with Gasteiger partial charge in [0.05, 0.1) is 0 Å². The van der Waals surface area contributed by atoms with E-state index in [2.05, 4.69) is 5.32 Å². The van der Waals surface area contributed by atoms with Gasteiger partial charge < -0.3 is 15.3 Å². The average molecular weight is 254 g/mol. The third kappa shape index (κ3) is 3.45. The molecule has 104 valence electrons. The van der Waals surface area contributed by atoms with Crippen LogP contribution in [0.4, 0.5) is 0 Å². The van der Waals surface area contributed by atoms with Gasteiger partial charge in [0.1, 0.15) is 0 Å². The van der Waals surface area contributed by atoms with E-state index in [4.69, 9.17) is 0 Å². The highest BCUT2D eigenvalue weighted by atomic mass is 16.3. The van der Waals surface area contributed by atoms with Crippen molar-refractivity contribution >= 4 is 5.91 Å². The SMILES string of the molecule is CC(=O)N1CCC(NC2CCCCC2CO)CC1. The molecule has 2 unspecified atom stereocenters. The Morgan fingerprint density at radius 3 is 2.50 bits per heavy atom. The zero-order valence-electron chi connectivity index (χ0n) is 11.4. The molecular formula is C14H26N2O2. The molecule has 2 atom stereocenters. The minimum Gasteiger partial charge on any atom is -0.396 e. The molecule has 0 spiro atoms. The summed E-state index contributed by atoms with van der Waals surface area (Å²) in [4.78, 5) is 13.2. The molecule has 0 aromatic heterocycles. The second-order valence-corrected chi connectivity index (χ2v) is 5.78. The Bertz CT molecular complexity index is 275. The highest BCUT2D eigenvalue weighted by Crippen LogP contribution is 2.25. The fraction of sp³-hybridized carbons (Fsp3) is 0.929. The number of carbonyl (C=O) groups is 1. The van der Waals surface area contributed by atoms with Crippen LogP contribution in [0.1, 0.15) is 45.4 Å². The summed E-state index contributed by atoms with van der Waals surface area (Å²) in [5, 5.41) is 13.1. The fourth-order valence-corrected chi connectivity index (χ4v) is 3.31. The van der Waals surface area contributed by atoms with Gasteiger partial charge in [-0.3, -0.25) is 4.79 Å². The van der Waals surface area contributed by atoms with Crippen molar-refractivity contribution in [2.75, 3.05) is 19.7 Å². The average Bonchev–Trinajstić information content (AvgIpc) is 2.40. The Morgan fingerprint density at radius 2 is 1.89 bits per heavy atom. The lowest BCUT2D eigenvalue weighted by Crippen LogP contribution is -2.50. The summed E-state index contributed by atoms with van der Waals surface area (Å²) in [5.74, 6) is 0.629. The third-order valence-corrected chi connectivity index (χ3v) is 4.53. The van der Waals surface area contributed by atoms with Crippen molar-refractivity contribution in [3.05, 3.63) is 0 Å². The van der Waals surface area contributed by atoms with Crippen LogP contribution < -0.4 is 5.32 Å². The van der Waals surface area contributed by atoms with Crippen molar-refractivity contribution in [1.82, 2.24) is 10.2 Å². The van der Waals surface area contributed by atoms with Crippen molar-refractivity contribution in [2.45, 2.75) is 57.5 Å². The normalized spacial score (nSPS) is 30.4. The Kier molecular flexibility index (Phi) is 5.01. The molecule has 1 saturated heterocycles. The van der Waals surface area contributed by atoms with E-state index in [0.29, 0.717) is 24.6 Å². The van der Waals surface area contributed by atoms with Gasteiger partial charge in [0, 0.05) is 38.7 Å². The largest absolute Gasteiger partial charge is 0.396 e. The number of aliphatic hydroxyl groups excluding tert-OH is 1.